The predicted octanol–water partition coefficient (Wildman–Crippen LogP) is 3.66. The SMILES string of the molecule is CCCN(CC(=O)N1c2ccccc2NC(=O)C1(C)C)Cc1ccccc1. The monoisotopic (exact) mass is 365 g/mol. The van der Waals surface area contributed by atoms with Crippen LogP contribution in [0.3, 0.4) is 0 Å². The molecule has 2 aromatic carbocycles. The highest BCUT2D eigenvalue weighted by molar-refractivity contribution is 6.14. The number of para-hydroxylation sites is 2. The number of nitrogens with one attached hydrogen (secondary N) is 1. The summed E-state index contributed by atoms with van der Waals surface area (Å²) in [5.74, 6) is -0.230. The van der Waals surface area contributed by atoms with Gasteiger partial charge in [0.15, 0.2) is 0 Å². The minimum Gasteiger partial charge on any atom is -0.322 e. The van der Waals surface area contributed by atoms with Crippen LogP contribution in [0.4, 0.5) is 11.4 Å². The Labute approximate surface area is 161 Å². The largest absolute Gasteiger partial charge is 0.322 e. The first-order chi connectivity index (χ1) is 12.9. The highest BCUT2D eigenvalue weighted by Gasteiger charge is 2.43. The quantitative estimate of drug-likeness (QED) is 0.850. The normalized spacial score (nSPS) is 15.4. The first-order valence-corrected chi connectivity index (χ1v) is 9.43. The predicted molar refractivity (Wildman–Crippen MR) is 109 cm³/mol. The third-order valence-corrected chi connectivity index (χ3v) is 4.90. The molecule has 27 heavy (non-hydrogen) atoms. The molecule has 1 heterocycles. The van der Waals surface area contributed by atoms with Crippen molar-refractivity contribution in [3.8, 4) is 0 Å². The number of rotatable bonds is 6. The molecule has 5 nitrogen and oxygen atoms in total. The molecule has 1 N–H and O–H groups in total. The van der Waals surface area contributed by atoms with Crippen molar-refractivity contribution in [2.24, 2.45) is 0 Å². The van der Waals surface area contributed by atoms with E-state index in [4.69, 9.17) is 0 Å². The molecule has 0 saturated heterocycles. The van der Waals surface area contributed by atoms with Crippen molar-refractivity contribution in [3.63, 3.8) is 0 Å². The van der Waals surface area contributed by atoms with E-state index in [1.807, 2.05) is 42.5 Å². The Bertz CT molecular complexity index is 817. The molecule has 0 unspecified atom stereocenters. The summed E-state index contributed by atoms with van der Waals surface area (Å²) < 4.78 is 0. The fraction of sp³-hybridized carbons (Fsp3) is 0.364. The second-order valence-electron chi connectivity index (χ2n) is 7.46. The van der Waals surface area contributed by atoms with Gasteiger partial charge in [0, 0.05) is 6.54 Å². The van der Waals surface area contributed by atoms with E-state index < -0.39 is 5.54 Å². The maximum Gasteiger partial charge on any atom is 0.250 e. The van der Waals surface area contributed by atoms with Gasteiger partial charge >= 0.3 is 0 Å². The second kappa shape index (κ2) is 7.92. The van der Waals surface area contributed by atoms with Gasteiger partial charge in [0.05, 0.1) is 17.9 Å². The van der Waals surface area contributed by atoms with Gasteiger partial charge in [-0.15, -0.1) is 0 Å². The Morgan fingerprint density at radius 1 is 1.07 bits per heavy atom. The van der Waals surface area contributed by atoms with Crippen LogP contribution in [0, 0.1) is 0 Å². The maximum absolute atomic E-state index is 13.3. The van der Waals surface area contributed by atoms with E-state index >= 15 is 0 Å². The molecule has 0 aromatic heterocycles. The van der Waals surface area contributed by atoms with Gasteiger partial charge in [-0.25, -0.2) is 0 Å². The summed E-state index contributed by atoms with van der Waals surface area (Å²) in [7, 11) is 0. The third-order valence-electron chi connectivity index (χ3n) is 4.90. The number of amides is 2. The van der Waals surface area contributed by atoms with Crippen LogP contribution in [0.15, 0.2) is 54.6 Å². The van der Waals surface area contributed by atoms with E-state index in [-0.39, 0.29) is 18.4 Å². The van der Waals surface area contributed by atoms with Gasteiger partial charge in [-0.05, 0) is 44.5 Å². The lowest BCUT2D eigenvalue weighted by molar-refractivity contribution is -0.127. The Morgan fingerprint density at radius 3 is 2.44 bits per heavy atom. The number of carbonyl (C=O) groups is 2. The first-order valence-electron chi connectivity index (χ1n) is 9.43. The van der Waals surface area contributed by atoms with Crippen LogP contribution >= 0.6 is 0 Å². The molecule has 5 heteroatoms. The number of carbonyl (C=O) groups excluding carboxylic acids is 2. The van der Waals surface area contributed by atoms with E-state index in [0.29, 0.717) is 12.2 Å². The zero-order valence-corrected chi connectivity index (χ0v) is 16.2. The Morgan fingerprint density at radius 2 is 1.74 bits per heavy atom. The fourth-order valence-electron chi connectivity index (χ4n) is 3.53. The molecule has 2 aromatic rings. The highest BCUT2D eigenvalue weighted by Crippen LogP contribution is 2.36. The van der Waals surface area contributed by atoms with Gasteiger partial charge in [-0.2, -0.15) is 0 Å². The molecule has 0 atom stereocenters. The topological polar surface area (TPSA) is 52.7 Å². The summed E-state index contributed by atoms with van der Waals surface area (Å²) in [6.07, 6.45) is 0.959. The summed E-state index contributed by atoms with van der Waals surface area (Å²) in [5, 5.41) is 2.91. The van der Waals surface area contributed by atoms with E-state index in [1.165, 1.54) is 5.56 Å². The number of nitrogens with zero attached hydrogens (tertiary/aromatic N) is 2. The average molecular weight is 365 g/mol. The minimum atomic E-state index is -0.934. The van der Waals surface area contributed by atoms with Crippen LogP contribution in [-0.2, 0) is 16.1 Å². The average Bonchev–Trinajstić information content (AvgIpc) is 2.63. The van der Waals surface area contributed by atoms with Gasteiger partial charge in [-0.1, -0.05) is 49.4 Å². The van der Waals surface area contributed by atoms with E-state index in [9.17, 15) is 9.59 Å². The molecule has 0 spiro atoms. The number of anilines is 2. The van der Waals surface area contributed by atoms with E-state index in [1.54, 1.807) is 18.7 Å². The summed E-state index contributed by atoms with van der Waals surface area (Å²) in [6.45, 7) is 7.49. The lowest BCUT2D eigenvalue weighted by Crippen LogP contribution is -2.60. The molecule has 1 aliphatic rings. The van der Waals surface area contributed by atoms with E-state index in [0.717, 1.165) is 18.7 Å². The lowest BCUT2D eigenvalue weighted by atomic mass is 9.96. The van der Waals surface area contributed by atoms with Crippen molar-refractivity contribution in [1.82, 2.24) is 4.90 Å². The molecule has 3 rings (SSSR count). The second-order valence-corrected chi connectivity index (χ2v) is 7.46. The zero-order valence-electron chi connectivity index (χ0n) is 16.2. The molecular formula is C22H27N3O2. The highest BCUT2D eigenvalue weighted by atomic mass is 16.2. The van der Waals surface area contributed by atoms with Gasteiger partial charge in [0.25, 0.3) is 0 Å². The molecule has 1 aliphatic heterocycles. The first kappa shape index (κ1) is 19.1. The minimum absolute atomic E-state index is 0.0633. The smallest absolute Gasteiger partial charge is 0.250 e. The van der Waals surface area contributed by atoms with Crippen molar-refractivity contribution in [2.45, 2.75) is 39.3 Å². The summed E-state index contributed by atoms with van der Waals surface area (Å²) >= 11 is 0. The van der Waals surface area contributed by atoms with Gasteiger partial charge in [0.2, 0.25) is 11.8 Å². The summed E-state index contributed by atoms with van der Waals surface area (Å²) in [5.41, 5.74) is 1.68. The fourth-order valence-corrected chi connectivity index (χ4v) is 3.53. The zero-order chi connectivity index (χ0) is 19.4. The van der Waals surface area contributed by atoms with Crippen molar-refractivity contribution in [1.29, 1.82) is 0 Å². The Hall–Kier alpha value is -2.66. The summed E-state index contributed by atoms with van der Waals surface area (Å²) in [6, 6.07) is 17.6. The maximum atomic E-state index is 13.3. The van der Waals surface area contributed by atoms with Gasteiger partial charge in [-0.3, -0.25) is 19.4 Å². The number of hydrogen-bond donors (Lipinski definition) is 1. The molecule has 0 radical (unpaired) electrons. The standard InChI is InChI=1S/C22H27N3O2/c1-4-14-24(15-17-10-6-5-7-11-17)16-20(26)25-19-13-9-8-12-18(19)23-21(27)22(25,2)3/h5-13H,4,14-16H2,1-3H3,(H,23,27). The number of hydrogen-bond acceptors (Lipinski definition) is 3. The Kier molecular flexibility index (Phi) is 5.61. The number of fused-ring (bicyclic) bond motifs is 1. The van der Waals surface area contributed by atoms with Crippen LogP contribution in [-0.4, -0.2) is 35.3 Å². The van der Waals surface area contributed by atoms with Crippen molar-refractivity contribution in [2.75, 3.05) is 23.3 Å². The van der Waals surface area contributed by atoms with Crippen LogP contribution in [0.25, 0.3) is 0 Å². The molecule has 2 amide bonds. The lowest BCUT2D eigenvalue weighted by Gasteiger charge is -2.42. The van der Waals surface area contributed by atoms with E-state index in [2.05, 4.69) is 29.3 Å². The van der Waals surface area contributed by atoms with Crippen molar-refractivity contribution >= 4 is 23.2 Å². The summed E-state index contributed by atoms with van der Waals surface area (Å²) in [4.78, 5) is 29.7. The van der Waals surface area contributed by atoms with Crippen LogP contribution in [0.1, 0.15) is 32.8 Å². The molecule has 0 aliphatic carbocycles. The van der Waals surface area contributed by atoms with Crippen molar-refractivity contribution in [3.05, 3.63) is 60.2 Å². The van der Waals surface area contributed by atoms with Crippen molar-refractivity contribution < 1.29 is 9.59 Å². The van der Waals surface area contributed by atoms with Gasteiger partial charge < -0.3 is 5.32 Å². The molecule has 0 fully saturated rings. The number of benzene rings is 2. The molecular weight excluding hydrogens is 338 g/mol. The Balaban J connectivity index is 1.85. The molecule has 142 valence electrons. The van der Waals surface area contributed by atoms with Crippen LogP contribution in [0.2, 0.25) is 0 Å². The van der Waals surface area contributed by atoms with Crippen LogP contribution < -0.4 is 10.2 Å². The molecule has 0 saturated carbocycles. The molecule has 0 bridgehead atoms. The van der Waals surface area contributed by atoms with Crippen LogP contribution in [0.5, 0.6) is 0 Å². The van der Waals surface area contributed by atoms with Gasteiger partial charge in [0.1, 0.15) is 5.54 Å². The third kappa shape index (κ3) is 4.03.